The van der Waals surface area contributed by atoms with E-state index in [-0.39, 0.29) is 11.9 Å². The van der Waals surface area contributed by atoms with Crippen molar-refractivity contribution in [1.29, 1.82) is 0 Å². The van der Waals surface area contributed by atoms with Crippen LogP contribution in [-0.2, 0) is 0 Å². The highest BCUT2D eigenvalue weighted by atomic mass is 16.1. The van der Waals surface area contributed by atoms with Gasteiger partial charge < -0.3 is 10.6 Å². The predicted molar refractivity (Wildman–Crippen MR) is 79.7 cm³/mol. The van der Waals surface area contributed by atoms with Gasteiger partial charge in [0.05, 0.1) is 17.8 Å². The van der Waals surface area contributed by atoms with Gasteiger partial charge >= 0.3 is 0 Å². The molecule has 0 aliphatic rings. The zero-order chi connectivity index (χ0) is 14.4. The first-order valence-electron chi connectivity index (χ1n) is 6.84. The first kappa shape index (κ1) is 14.1. The molecule has 1 aromatic carbocycles. The number of amides is 1. The van der Waals surface area contributed by atoms with Crippen LogP contribution in [0, 0.1) is 0 Å². The first-order chi connectivity index (χ1) is 9.72. The summed E-state index contributed by atoms with van der Waals surface area (Å²) in [6.07, 6.45) is 4.51. The number of benzene rings is 1. The van der Waals surface area contributed by atoms with Gasteiger partial charge in [0.1, 0.15) is 0 Å². The number of rotatable bonds is 6. The van der Waals surface area contributed by atoms with E-state index in [9.17, 15) is 4.79 Å². The molecule has 2 rings (SSSR count). The van der Waals surface area contributed by atoms with E-state index in [4.69, 9.17) is 0 Å². The van der Waals surface area contributed by atoms with Crippen molar-refractivity contribution in [2.24, 2.45) is 0 Å². The highest BCUT2D eigenvalue weighted by Crippen LogP contribution is 2.17. The molecule has 106 valence electrons. The lowest BCUT2D eigenvalue weighted by molar-refractivity contribution is 0.0940. The summed E-state index contributed by atoms with van der Waals surface area (Å²) in [6.45, 7) is 4.88. The molecule has 1 unspecified atom stereocenters. The summed E-state index contributed by atoms with van der Waals surface area (Å²) in [5.74, 6) is -0.0853. The van der Waals surface area contributed by atoms with Gasteiger partial charge in [-0.2, -0.15) is 5.10 Å². The molecular formula is C15H20N4O. The average molecular weight is 272 g/mol. The summed E-state index contributed by atoms with van der Waals surface area (Å²) in [5.41, 5.74) is 2.49. The number of anilines is 1. The second kappa shape index (κ2) is 6.75. The monoisotopic (exact) mass is 272 g/mol. The summed E-state index contributed by atoms with van der Waals surface area (Å²) < 4.78 is 0. The quantitative estimate of drug-likeness (QED) is 0.757. The number of aromatic amines is 1. The van der Waals surface area contributed by atoms with E-state index >= 15 is 0 Å². The maximum absolute atomic E-state index is 12.4. The molecule has 0 aliphatic heterocycles. The second-order valence-electron chi connectivity index (χ2n) is 4.70. The van der Waals surface area contributed by atoms with E-state index in [1.54, 1.807) is 12.4 Å². The van der Waals surface area contributed by atoms with Crippen molar-refractivity contribution in [3.63, 3.8) is 0 Å². The van der Waals surface area contributed by atoms with Crippen molar-refractivity contribution in [2.45, 2.75) is 26.3 Å². The fraction of sp³-hybridized carbons (Fsp3) is 0.333. The lowest BCUT2D eigenvalue weighted by Gasteiger charge is -2.15. The Bertz CT molecular complexity index is 551. The van der Waals surface area contributed by atoms with Crippen molar-refractivity contribution < 1.29 is 4.79 Å². The van der Waals surface area contributed by atoms with Crippen molar-refractivity contribution in [3.05, 3.63) is 47.8 Å². The molecule has 0 bridgehead atoms. The summed E-state index contributed by atoms with van der Waals surface area (Å²) in [6, 6.07) is 7.46. The topological polar surface area (TPSA) is 69.8 Å². The van der Waals surface area contributed by atoms with E-state index in [1.807, 2.05) is 31.2 Å². The Balaban J connectivity index is 2.09. The van der Waals surface area contributed by atoms with Gasteiger partial charge in [-0.15, -0.1) is 0 Å². The standard InChI is InChI=1S/C15H20N4O/c1-3-8-16-14-7-5-4-6-13(14)15(20)19-11(2)12-9-17-18-10-12/h4-7,9-11,16H,3,8H2,1-2H3,(H,17,18)(H,19,20). The molecule has 2 aromatic rings. The van der Waals surface area contributed by atoms with E-state index in [0.717, 1.165) is 24.2 Å². The van der Waals surface area contributed by atoms with Crippen LogP contribution in [0.15, 0.2) is 36.7 Å². The van der Waals surface area contributed by atoms with Gasteiger partial charge in [0.2, 0.25) is 0 Å². The van der Waals surface area contributed by atoms with Gasteiger partial charge in [0, 0.05) is 24.0 Å². The van der Waals surface area contributed by atoms with Gasteiger partial charge in [-0.25, -0.2) is 0 Å². The Kier molecular flexibility index (Phi) is 4.76. The number of carbonyl (C=O) groups is 1. The summed E-state index contributed by atoms with van der Waals surface area (Å²) >= 11 is 0. The smallest absolute Gasteiger partial charge is 0.253 e. The molecule has 0 fully saturated rings. The third-order valence-electron chi connectivity index (χ3n) is 3.10. The summed E-state index contributed by atoms with van der Waals surface area (Å²) in [5, 5.41) is 12.9. The molecule has 20 heavy (non-hydrogen) atoms. The van der Waals surface area contributed by atoms with Crippen molar-refractivity contribution in [1.82, 2.24) is 15.5 Å². The average Bonchev–Trinajstić information content (AvgIpc) is 2.99. The second-order valence-corrected chi connectivity index (χ2v) is 4.70. The van der Waals surface area contributed by atoms with Gasteiger partial charge in [-0.1, -0.05) is 19.1 Å². The molecular weight excluding hydrogens is 252 g/mol. The van der Waals surface area contributed by atoms with Crippen molar-refractivity contribution in [2.75, 3.05) is 11.9 Å². The molecule has 1 amide bonds. The van der Waals surface area contributed by atoms with Gasteiger partial charge in [-0.3, -0.25) is 9.89 Å². The number of H-pyrrole nitrogens is 1. The minimum Gasteiger partial charge on any atom is -0.384 e. The van der Waals surface area contributed by atoms with Crippen LogP contribution in [0.5, 0.6) is 0 Å². The van der Waals surface area contributed by atoms with Crippen LogP contribution in [0.3, 0.4) is 0 Å². The van der Waals surface area contributed by atoms with Crippen LogP contribution in [0.2, 0.25) is 0 Å². The molecule has 0 saturated carbocycles. The molecule has 1 heterocycles. The Labute approximate surface area is 118 Å². The van der Waals surface area contributed by atoms with E-state index in [0.29, 0.717) is 5.56 Å². The SMILES string of the molecule is CCCNc1ccccc1C(=O)NC(C)c1cn[nH]c1. The molecule has 1 aromatic heterocycles. The lowest BCUT2D eigenvalue weighted by atomic mass is 10.1. The maximum Gasteiger partial charge on any atom is 0.253 e. The number of aromatic nitrogens is 2. The maximum atomic E-state index is 12.4. The third kappa shape index (κ3) is 3.38. The predicted octanol–water partition coefficient (Wildman–Crippen LogP) is 2.72. The van der Waals surface area contributed by atoms with Gasteiger partial charge in [0.25, 0.3) is 5.91 Å². The number of carbonyl (C=O) groups excluding carboxylic acids is 1. The zero-order valence-electron chi connectivity index (χ0n) is 11.8. The van der Waals surface area contributed by atoms with E-state index < -0.39 is 0 Å². The van der Waals surface area contributed by atoms with Crippen LogP contribution in [0.25, 0.3) is 0 Å². The normalized spacial score (nSPS) is 11.9. The highest BCUT2D eigenvalue weighted by Gasteiger charge is 2.14. The Morgan fingerprint density at radius 1 is 1.40 bits per heavy atom. The van der Waals surface area contributed by atoms with E-state index in [2.05, 4.69) is 27.8 Å². The van der Waals surface area contributed by atoms with Crippen molar-refractivity contribution in [3.8, 4) is 0 Å². The zero-order valence-corrected chi connectivity index (χ0v) is 11.8. The Morgan fingerprint density at radius 3 is 2.90 bits per heavy atom. The minimum atomic E-state index is -0.0853. The minimum absolute atomic E-state index is 0.0829. The number of nitrogens with zero attached hydrogens (tertiary/aromatic N) is 1. The molecule has 1 atom stereocenters. The van der Waals surface area contributed by atoms with Crippen LogP contribution in [0.4, 0.5) is 5.69 Å². The molecule has 3 N–H and O–H groups in total. The molecule has 0 aliphatic carbocycles. The largest absolute Gasteiger partial charge is 0.384 e. The third-order valence-corrected chi connectivity index (χ3v) is 3.10. The fourth-order valence-corrected chi connectivity index (χ4v) is 1.95. The highest BCUT2D eigenvalue weighted by molar-refractivity contribution is 5.99. The number of hydrogen-bond acceptors (Lipinski definition) is 3. The molecule has 0 radical (unpaired) electrons. The Hall–Kier alpha value is -2.30. The van der Waals surface area contributed by atoms with Crippen LogP contribution in [0.1, 0.15) is 42.2 Å². The number of hydrogen-bond donors (Lipinski definition) is 3. The lowest BCUT2D eigenvalue weighted by Crippen LogP contribution is -2.27. The van der Waals surface area contributed by atoms with Gasteiger partial charge in [0.15, 0.2) is 0 Å². The number of para-hydroxylation sites is 1. The van der Waals surface area contributed by atoms with Crippen LogP contribution >= 0.6 is 0 Å². The molecule has 0 saturated heterocycles. The van der Waals surface area contributed by atoms with Crippen LogP contribution in [-0.4, -0.2) is 22.6 Å². The molecule has 0 spiro atoms. The summed E-state index contributed by atoms with van der Waals surface area (Å²) in [7, 11) is 0. The Morgan fingerprint density at radius 2 is 2.20 bits per heavy atom. The summed E-state index contributed by atoms with van der Waals surface area (Å²) in [4.78, 5) is 12.4. The molecule has 5 nitrogen and oxygen atoms in total. The number of nitrogens with one attached hydrogen (secondary N) is 3. The molecule has 5 heteroatoms. The van der Waals surface area contributed by atoms with Gasteiger partial charge in [-0.05, 0) is 25.5 Å². The van der Waals surface area contributed by atoms with E-state index in [1.165, 1.54) is 0 Å². The van der Waals surface area contributed by atoms with Crippen molar-refractivity contribution >= 4 is 11.6 Å². The van der Waals surface area contributed by atoms with Crippen LogP contribution < -0.4 is 10.6 Å². The first-order valence-corrected chi connectivity index (χ1v) is 6.84. The fourth-order valence-electron chi connectivity index (χ4n) is 1.95.